The number of carbonyl (C=O) groups excluding carboxylic acids is 1. The average molecular weight is 414 g/mol. The van der Waals surface area contributed by atoms with Crippen molar-refractivity contribution in [2.45, 2.75) is 26.9 Å². The first-order valence-corrected chi connectivity index (χ1v) is 11.1. The second-order valence-corrected chi connectivity index (χ2v) is 8.36. The summed E-state index contributed by atoms with van der Waals surface area (Å²) in [5.41, 5.74) is 2.44. The Morgan fingerprint density at radius 1 is 1.07 bits per heavy atom. The van der Waals surface area contributed by atoms with E-state index in [0.717, 1.165) is 27.7 Å². The third-order valence-electron chi connectivity index (χ3n) is 3.84. The Hall–Kier alpha value is -2.18. The zero-order chi connectivity index (χ0) is 19.8. The third-order valence-corrected chi connectivity index (χ3v) is 6.05. The number of carbonyl (C=O) groups is 1. The van der Waals surface area contributed by atoms with Gasteiger partial charge in [-0.1, -0.05) is 55.1 Å². The summed E-state index contributed by atoms with van der Waals surface area (Å²) in [5, 5.41) is -0.0130. The molecule has 0 saturated heterocycles. The summed E-state index contributed by atoms with van der Waals surface area (Å²) >= 11 is 2.83. The Kier molecular flexibility index (Phi) is 7.62. The molecule has 0 N–H and O–H groups in total. The van der Waals surface area contributed by atoms with E-state index in [1.807, 2.05) is 55.5 Å². The maximum Gasteiger partial charge on any atom is 0.244 e. The number of nitrogens with zero attached hydrogens (tertiary/aromatic N) is 1. The molecule has 2 aromatic carbocycles. The van der Waals surface area contributed by atoms with Gasteiger partial charge in [0, 0.05) is 0 Å². The SMILES string of the molecule is CCCSC1=N/C(=C\c2ccc(OCc3ccccc3)c(OCC)c2)C(=O)S1. The second-order valence-electron chi connectivity index (χ2n) is 6.06. The number of ether oxygens (including phenoxy) is 2. The van der Waals surface area contributed by atoms with Crippen molar-refractivity contribution in [1.29, 1.82) is 0 Å². The number of aliphatic imine (C=N–C) groups is 1. The van der Waals surface area contributed by atoms with Crippen LogP contribution in [-0.4, -0.2) is 21.9 Å². The van der Waals surface area contributed by atoms with Crippen LogP contribution in [0.25, 0.3) is 6.08 Å². The normalized spacial score (nSPS) is 15.0. The monoisotopic (exact) mass is 413 g/mol. The lowest BCUT2D eigenvalue weighted by atomic mass is 10.1. The summed E-state index contributed by atoms with van der Waals surface area (Å²) in [7, 11) is 0. The zero-order valence-electron chi connectivity index (χ0n) is 16.0. The zero-order valence-corrected chi connectivity index (χ0v) is 17.6. The lowest BCUT2D eigenvalue weighted by Gasteiger charge is -2.13. The summed E-state index contributed by atoms with van der Waals surface area (Å²) in [4.78, 5) is 16.7. The van der Waals surface area contributed by atoms with Gasteiger partial charge in [-0.2, -0.15) is 0 Å². The molecule has 0 spiro atoms. The molecule has 146 valence electrons. The third kappa shape index (κ3) is 5.66. The predicted molar refractivity (Wildman–Crippen MR) is 119 cm³/mol. The molecule has 0 atom stereocenters. The summed E-state index contributed by atoms with van der Waals surface area (Å²) < 4.78 is 12.5. The summed E-state index contributed by atoms with van der Waals surface area (Å²) in [5.74, 6) is 2.31. The summed E-state index contributed by atoms with van der Waals surface area (Å²) in [6.45, 7) is 5.05. The van der Waals surface area contributed by atoms with Gasteiger partial charge >= 0.3 is 0 Å². The fourth-order valence-electron chi connectivity index (χ4n) is 2.54. The van der Waals surface area contributed by atoms with Crippen LogP contribution < -0.4 is 9.47 Å². The van der Waals surface area contributed by atoms with Crippen molar-refractivity contribution in [1.82, 2.24) is 0 Å². The molecule has 0 aliphatic carbocycles. The van der Waals surface area contributed by atoms with E-state index in [9.17, 15) is 4.79 Å². The molecule has 0 radical (unpaired) electrons. The Labute approximate surface area is 174 Å². The molecule has 3 rings (SSSR count). The van der Waals surface area contributed by atoms with Crippen molar-refractivity contribution in [3.05, 3.63) is 65.4 Å². The van der Waals surface area contributed by atoms with Crippen LogP contribution in [0.1, 0.15) is 31.4 Å². The van der Waals surface area contributed by atoms with Gasteiger partial charge in [0.25, 0.3) is 0 Å². The Morgan fingerprint density at radius 3 is 2.64 bits per heavy atom. The highest BCUT2D eigenvalue weighted by molar-refractivity contribution is 8.45. The number of benzene rings is 2. The maximum absolute atomic E-state index is 12.2. The first-order valence-electron chi connectivity index (χ1n) is 9.28. The highest BCUT2D eigenvalue weighted by atomic mass is 32.2. The average Bonchev–Trinajstić information content (AvgIpc) is 3.06. The number of thioether (sulfide) groups is 2. The van der Waals surface area contributed by atoms with Gasteiger partial charge < -0.3 is 9.47 Å². The molecule has 1 heterocycles. The Bertz CT molecular complexity index is 879. The van der Waals surface area contributed by atoms with E-state index in [1.54, 1.807) is 17.8 Å². The molecular weight excluding hydrogens is 390 g/mol. The molecule has 0 unspecified atom stereocenters. The lowest BCUT2D eigenvalue weighted by molar-refractivity contribution is -0.107. The molecule has 0 bridgehead atoms. The van der Waals surface area contributed by atoms with E-state index >= 15 is 0 Å². The fraction of sp³-hybridized carbons (Fsp3) is 0.273. The van der Waals surface area contributed by atoms with E-state index < -0.39 is 0 Å². The number of rotatable bonds is 8. The standard InChI is InChI=1S/C22H23NO3S2/c1-3-12-27-22-23-18(21(24)28-22)13-17-10-11-19(20(14-17)25-4-2)26-15-16-8-6-5-7-9-16/h5-11,13-14H,3-4,12,15H2,1-2H3/b18-13-. The molecule has 28 heavy (non-hydrogen) atoms. The van der Waals surface area contributed by atoms with Gasteiger partial charge in [0.05, 0.1) is 6.61 Å². The minimum atomic E-state index is -0.0130. The van der Waals surface area contributed by atoms with Crippen LogP contribution in [0.2, 0.25) is 0 Å². The largest absolute Gasteiger partial charge is 0.490 e. The van der Waals surface area contributed by atoms with Crippen LogP contribution in [0.4, 0.5) is 0 Å². The molecule has 0 saturated carbocycles. The summed E-state index contributed by atoms with van der Waals surface area (Å²) in [6.07, 6.45) is 2.86. The molecule has 1 aliphatic rings. The van der Waals surface area contributed by atoms with Gasteiger partial charge in [-0.15, -0.1) is 0 Å². The first kappa shape index (κ1) is 20.6. The smallest absolute Gasteiger partial charge is 0.244 e. The Balaban J connectivity index is 1.76. The molecule has 2 aromatic rings. The quantitative estimate of drug-likeness (QED) is 0.514. The molecule has 0 amide bonds. The van der Waals surface area contributed by atoms with Crippen LogP contribution in [0.3, 0.4) is 0 Å². The molecule has 0 fully saturated rings. The molecule has 0 aromatic heterocycles. The van der Waals surface area contributed by atoms with E-state index in [-0.39, 0.29) is 5.12 Å². The molecule has 1 aliphatic heterocycles. The van der Waals surface area contributed by atoms with Crippen LogP contribution in [0.5, 0.6) is 11.5 Å². The minimum Gasteiger partial charge on any atom is -0.490 e. The highest BCUT2D eigenvalue weighted by Crippen LogP contribution is 2.34. The van der Waals surface area contributed by atoms with E-state index in [2.05, 4.69) is 11.9 Å². The number of hydrogen-bond donors (Lipinski definition) is 0. The van der Waals surface area contributed by atoms with Crippen LogP contribution >= 0.6 is 23.5 Å². The van der Waals surface area contributed by atoms with Gasteiger partial charge in [-0.05, 0) is 60.2 Å². The topological polar surface area (TPSA) is 47.9 Å². The van der Waals surface area contributed by atoms with Gasteiger partial charge in [0.1, 0.15) is 16.7 Å². The van der Waals surface area contributed by atoms with Crippen molar-refractivity contribution in [3.63, 3.8) is 0 Å². The lowest BCUT2D eigenvalue weighted by Crippen LogP contribution is -2.00. The van der Waals surface area contributed by atoms with Crippen molar-refractivity contribution in [2.75, 3.05) is 12.4 Å². The summed E-state index contributed by atoms with van der Waals surface area (Å²) in [6, 6.07) is 15.7. The van der Waals surface area contributed by atoms with Crippen LogP contribution in [-0.2, 0) is 11.4 Å². The van der Waals surface area contributed by atoms with Crippen LogP contribution in [0, 0.1) is 0 Å². The fourth-order valence-corrected chi connectivity index (χ4v) is 4.30. The predicted octanol–water partition coefficient (Wildman–Crippen LogP) is 5.78. The van der Waals surface area contributed by atoms with E-state index in [4.69, 9.17) is 9.47 Å². The number of hydrogen-bond acceptors (Lipinski definition) is 6. The Morgan fingerprint density at radius 2 is 1.89 bits per heavy atom. The van der Waals surface area contributed by atoms with Gasteiger partial charge in [0.15, 0.2) is 11.5 Å². The van der Waals surface area contributed by atoms with Crippen molar-refractivity contribution < 1.29 is 14.3 Å². The van der Waals surface area contributed by atoms with Gasteiger partial charge in [-0.3, -0.25) is 4.79 Å². The maximum atomic E-state index is 12.2. The highest BCUT2D eigenvalue weighted by Gasteiger charge is 2.22. The van der Waals surface area contributed by atoms with Crippen LogP contribution in [0.15, 0.2) is 59.2 Å². The van der Waals surface area contributed by atoms with Gasteiger partial charge in [-0.25, -0.2) is 4.99 Å². The molecule has 4 nitrogen and oxygen atoms in total. The molecular formula is C22H23NO3S2. The van der Waals surface area contributed by atoms with E-state index in [1.165, 1.54) is 11.8 Å². The molecule has 6 heteroatoms. The van der Waals surface area contributed by atoms with Gasteiger partial charge in [0.2, 0.25) is 5.12 Å². The van der Waals surface area contributed by atoms with E-state index in [0.29, 0.717) is 30.4 Å². The second kappa shape index (κ2) is 10.4. The minimum absolute atomic E-state index is 0.0130. The first-order chi connectivity index (χ1) is 13.7. The van der Waals surface area contributed by atoms with Crippen molar-refractivity contribution >= 4 is 39.1 Å². The van der Waals surface area contributed by atoms with Crippen molar-refractivity contribution in [2.24, 2.45) is 4.99 Å². The van der Waals surface area contributed by atoms with Crippen molar-refractivity contribution in [3.8, 4) is 11.5 Å².